The number of nitrogens with zero attached hydrogens (tertiary/aromatic N) is 2. The summed E-state index contributed by atoms with van der Waals surface area (Å²) in [5, 5.41) is 12.6. The third-order valence-electron chi connectivity index (χ3n) is 4.20. The van der Waals surface area contributed by atoms with Crippen molar-refractivity contribution in [3.8, 4) is 6.07 Å². The molecule has 1 fully saturated rings. The van der Waals surface area contributed by atoms with Crippen molar-refractivity contribution in [3.05, 3.63) is 22.9 Å². The fourth-order valence-corrected chi connectivity index (χ4v) is 3.08. The molecule has 1 unspecified atom stereocenters. The zero-order valence-electron chi connectivity index (χ0n) is 11.8. The maximum Gasteiger partial charge on any atom is 0.144 e. The lowest BCUT2D eigenvalue weighted by Gasteiger charge is -2.22. The van der Waals surface area contributed by atoms with E-state index in [9.17, 15) is 5.26 Å². The number of hydrogen-bond donors (Lipinski definition) is 1. The Morgan fingerprint density at radius 1 is 1.35 bits per heavy atom. The van der Waals surface area contributed by atoms with Crippen LogP contribution in [0.25, 0.3) is 0 Å². The van der Waals surface area contributed by atoms with Gasteiger partial charge >= 0.3 is 0 Å². The third kappa shape index (κ3) is 2.94. The molecule has 2 heterocycles. The lowest BCUT2D eigenvalue weighted by Crippen LogP contribution is -2.22. The summed E-state index contributed by atoms with van der Waals surface area (Å²) in [4.78, 5) is 4.63. The molecule has 1 aromatic heterocycles. The first-order chi connectivity index (χ1) is 9.86. The number of aryl methyl sites for hydroxylation is 2. The van der Waals surface area contributed by atoms with Crippen molar-refractivity contribution in [3.63, 3.8) is 0 Å². The molecule has 4 heteroatoms. The Hall–Kier alpha value is -1.60. The molecule has 1 saturated heterocycles. The van der Waals surface area contributed by atoms with E-state index in [1.54, 1.807) is 0 Å². The number of fused-ring (bicyclic) bond motifs is 1. The molecule has 0 bridgehead atoms. The summed E-state index contributed by atoms with van der Waals surface area (Å²) in [5.74, 6) is 0.754. The molecular weight excluding hydrogens is 250 g/mol. The Morgan fingerprint density at radius 3 is 3.10 bits per heavy atom. The van der Waals surface area contributed by atoms with E-state index in [0.717, 1.165) is 51.1 Å². The average Bonchev–Trinajstić information content (AvgIpc) is 2.94. The zero-order chi connectivity index (χ0) is 13.8. The van der Waals surface area contributed by atoms with Gasteiger partial charge in [0.2, 0.25) is 0 Å². The Bertz CT molecular complexity index is 515. The second-order valence-corrected chi connectivity index (χ2v) is 5.66. The number of anilines is 1. The molecule has 20 heavy (non-hydrogen) atoms. The first kappa shape index (κ1) is 13.4. The monoisotopic (exact) mass is 271 g/mol. The van der Waals surface area contributed by atoms with E-state index in [4.69, 9.17) is 4.74 Å². The van der Waals surface area contributed by atoms with Gasteiger partial charge < -0.3 is 10.1 Å². The van der Waals surface area contributed by atoms with Crippen LogP contribution in [0.5, 0.6) is 0 Å². The van der Waals surface area contributed by atoms with E-state index in [1.165, 1.54) is 24.1 Å². The molecule has 0 spiro atoms. The second kappa shape index (κ2) is 6.23. The molecule has 1 aromatic rings. The van der Waals surface area contributed by atoms with Crippen LogP contribution >= 0.6 is 0 Å². The maximum absolute atomic E-state index is 9.24. The van der Waals surface area contributed by atoms with Crippen LogP contribution in [0.4, 0.5) is 5.82 Å². The fourth-order valence-electron chi connectivity index (χ4n) is 3.08. The number of hydrogen-bond acceptors (Lipinski definition) is 4. The molecule has 1 N–H and O–H groups in total. The number of ether oxygens (including phenoxy) is 1. The summed E-state index contributed by atoms with van der Waals surface area (Å²) in [7, 11) is 0. The smallest absolute Gasteiger partial charge is 0.144 e. The zero-order valence-corrected chi connectivity index (χ0v) is 11.8. The predicted octanol–water partition coefficient (Wildman–Crippen LogP) is 2.81. The molecule has 106 valence electrons. The molecule has 1 aliphatic heterocycles. The van der Waals surface area contributed by atoms with Crippen molar-refractivity contribution in [1.29, 1.82) is 5.26 Å². The summed E-state index contributed by atoms with van der Waals surface area (Å²) in [6, 6.07) is 4.27. The highest BCUT2D eigenvalue weighted by Crippen LogP contribution is 2.25. The van der Waals surface area contributed by atoms with Gasteiger partial charge in [-0.2, -0.15) is 5.26 Å². The van der Waals surface area contributed by atoms with Crippen LogP contribution in [-0.2, 0) is 17.6 Å². The summed E-state index contributed by atoms with van der Waals surface area (Å²) in [6.45, 7) is 1.72. The largest absolute Gasteiger partial charge is 0.378 e. The molecule has 3 rings (SSSR count). The van der Waals surface area contributed by atoms with Crippen molar-refractivity contribution >= 4 is 5.82 Å². The van der Waals surface area contributed by atoms with Crippen LogP contribution < -0.4 is 5.32 Å². The highest BCUT2D eigenvalue weighted by molar-refractivity contribution is 5.55. The minimum Gasteiger partial charge on any atom is -0.378 e. The fraction of sp³-hybridized carbons (Fsp3) is 0.625. The van der Waals surface area contributed by atoms with E-state index >= 15 is 0 Å². The number of nitriles is 1. The predicted molar refractivity (Wildman–Crippen MR) is 77.7 cm³/mol. The lowest BCUT2D eigenvalue weighted by molar-refractivity contribution is 0.0134. The van der Waals surface area contributed by atoms with Gasteiger partial charge in [-0.25, -0.2) is 4.98 Å². The quantitative estimate of drug-likeness (QED) is 0.915. The van der Waals surface area contributed by atoms with Gasteiger partial charge in [0.25, 0.3) is 0 Å². The topological polar surface area (TPSA) is 57.9 Å². The molecule has 1 atom stereocenters. The molecule has 0 saturated carbocycles. The van der Waals surface area contributed by atoms with E-state index in [-0.39, 0.29) is 0 Å². The minimum absolute atomic E-state index is 0.371. The standard InChI is InChI=1S/C16H21N3O/c17-11-13-10-12-4-3-6-15(12)19-16(13)18-8-7-14-5-1-2-9-20-14/h10,14H,1-9H2,(H,18,19). The normalized spacial score (nSPS) is 21.2. The number of rotatable bonds is 4. The highest BCUT2D eigenvalue weighted by Gasteiger charge is 2.17. The molecule has 2 aliphatic rings. The van der Waals surface area contributed by atoms with Gasteiger partial charge in [0.1, 0.15) is 11.9 Å². The van der Waals surface area contributed by atoms with E-state index in [2.05, 4.69) is 16.4 Å². The highest BCUT2D eigenvalue weighted by atomic mass is 16.5. The lowest BCUT2D eigenvalue weighted by atomic mass is 10.1. The Balaban J connectivity index is 1.60. The van der Waals surface area contributed by atoms with Crippen LogP contribution in [0.1, 0.15) is 48.9 Å². The van der Waals surface area contributed by atoms with Gasteiger partial charge in [0.05, 0.1) is 11.7 Å². The molecular formula is C16H21N3O. The van der Waals surface area contributed by atoms with Crippen LogP contribution in [0.15, 0.2) is 6.07 Å². The first-order valence-corrected chi connectivity index (χ1v) is 7.65. The second-order valence-electron chi connectivity index (χ2n) is 5.66. The SMILES string of the molecule is N#Cc1cc2c(nc1NCCC1CCCCO1)CCC2. The van der Waals surface area contributed by atoms with Gasteiger partial charge in [-0.3, -0.25) is 0 Å². The number of nitrogens with one attached hydrogen (secondary N) is 1. The van der Waals surface area contributed by atoms with E-state index in [1.807, 2.05) is 6.07 Å². The van der Waals surface area contributed by atoms with Crippen molar-refractivity contribution in [2.75, 3.05) is 18.5 Å². The summed E-state index contributed by atoms with van der Waals surface area (Å²) in [6.07, 6.45) is 8.24. The minimum atomic E-state index is 0.371. The van der Waals surface area contributed by atoms with Gasteiger partial charge in [0.15, 0.2) is 0 Å². The summed E-state index contributed by atoms with van der Waals surface area (Å²) >= 11 is 0. The molecule has 1 aliphatic carbocycles. The number of pyridine rings is 1. The molecule has 0 aromatic carbocycles. The van der Waals surface area contributed by atoms with Gasteiger partial charge in [-0.1, -0.05) is 0 Å². The van der Waals surface area contributed by atoms with E-state index < -0.39 is 0 Å². The Labute approximate surface area is 120 Å². The van der Waals surface area contributed by atoms with Crippen molar-refractivity contribution in [1.82, 2.24) is 4.98 Å². The van der Waals surface area contributed by atoms with Crippen molar-refractivity contribution < 1.29 is 4.74 Å². The van der Waals surface area contributed by atoms with E-state index in [0.29, 0.717) is 11.7 Å². The third-order valence-corrected chi connectivity index (χ3v) is 4.20. The average molecular weight is 271 g/mol. The number of aromatic nitrogens is 1. The van der Waals surface area contributed by atoms with Crippen molar-refractivity contribution in [2.45, 2.75) is 51.0 Å². The van der Waals surface area contributed by atoms with Gasteiger partial charge in [-0.05, 0) is 56.6 Å². The van der Waals surface area contributed by atoms with Gasteiger partial charge in [-0.15, -0.1) is 0 Å². The first-order valence-electron chi connectivity index (χ1n) is 7.65. The molecule has 0 amide bonds. The molecule has 0 radical (unpaired) electrons. The van der Waals surface area contributed by atoms with Crippen LogP contribution in [0.3, 0.4) is 0 Å². The Kier molecular flexibility index (Phi) is 4.17. The van der Waals surface area contributed by atoms with Crippen LogP contribution in [0.2, 0.25) is 0 Å². The summed E-state index contributed by atoms with van der Waals surface area (Å²) < 4.78 is 5.72. The summed E-state index contributed by atoms with van der Waals surface area (Å²) in [5.41, 5.74) is 3.10. The van der Waals surface area contributed by atoms with Gasteiger partial charge in [0, 0.05) is 18.8 Å². The van der Waals surface area contributed by atoms with Crippen LogP contribution in [-0.4, -0.2) is 24.2 Å². The maximum atomic E-state index is 9.24. The van der Waals surface area contributed by atoms with Crippen molar-refractivity contribution in [2.24, 2.45) is 0 Å². The van der Waals surface area contributed by atoms with Crippen LogP contribution in [0, 0.1) is 11.3 Å². The Morgan fingerprint density at radius 2 is 2.30 bits per heavy atom. The molecule has 4 nitrogen and oxygen atoms in total.